The summed E-state index contributed by atoms with van der Waals surface area (Å²) in [5.74, 6) is 0. The highest BCUT2D eigenvalue weighted by molar-refractivity contribution is 5.68. The Morgan fingerprint density at radius 2 is 1.78 bits per heavy atom. The van der Waals surface area contributed by atoms with E-state index < -0.39 is 11.2 Å². The highest BCUT2D eigenvalue weighted by Gasteiger charge is 2.21. The van der Waals surface area contributed by atoms with Gasteiger partial charge in [-0.15, -0.1) is 0 Å². The molecule has 0 saturated heterocycles. The predicted molar refractivity (Wildman–Crippen MR) is 68.6 cm³/mol. The lowest BCUT2D eigenvalue weighted by Crippen LogP contribution is -2.11. The van der Waals surface area contributed by atoms with Crippen LogP contribution in [0.3, 0.4) is 0 Å². The van der Waals surface area contributed by atoms with Crippen molar-refractivity contribution in [2.45, 2.75) is 13.2 Å². The van der Waals surface area contributed by atoms with E-state index in [-0.39, 0.29) is 0 Å². The Kier molecular flexibility index (Phi) is 3.39. The van der Waals surface area contributed by atoms with Gasteiger partial charge in [0.05, 0.1) is 10.5 Å². The Hall–Kier alpha value is -2.20. The molecule has 0 radical (unpaired) electrons. The van der Waals surface area contributed by atoms with E-state index in [1.807, 2.05) is 36.4 Å². The number of hydrogen-bond acceptors (Lipinski definition) is 3. The van der Waals surface area contributed by atoms with Gasteiger partial charge in [-0.3, -0.25) is 10.1 Å². The van der Waals surface area contributed by atoms with Crippen LogP contribution in [0, 0.1) is 17.0 Å². The second-order valence-corrected chi connectivity index (χ2v) is 4.04. The molecular weight excluding hydrogens is 230 g/mol. The Morgan fingerprint density at radius 3 is 2.39 bits per heavy atom. The van der Waals surface area contributed by atoms with Crippen molar-refractivity contribution < 1.29 is 10.0 Å². The molecule has 0 bridgehead atoms. The lowest BCUT2D eigenvalue weighted by molar-refractivity contribution is -0.578. The van der Waals surface area contributed by atoms with E-state index in [2.05, 4.69) is 0 Å². The van der Waals surface area contributed by atoms with Gasteiger partial charge in [-0.2, -0.15) is 0 Å². The standard InChI is InChI=1S/C14H13NO3/c1-10-12(11-6-3-2-4-7-11)8-5-9-13(10)14(16)15(17)18/h2-9,14,16H,1H3. The van der Waals surface area contributed by atoms with E-state index in [1.165, 1.54) is 0 Å². The molecule has 0 aliphatic rings. The average Bonchev–Trinajstić information content (AvgIpc) is 2.39. The summed E-state index contributed by atoms with van der Waals surface area (Å²) < 4.78 is 0. The van der Waals surface area contributed by atoms with Crippen LogP contribution >= 0.6 is 0 Å². The zero-order valence-corrected chi connectivity index (χ0v) is 9.91. The molecule has 2 aromatic rings. The normalized spacial score (nSPS) is 12.1. The van der Waals surface area contributed by atoms with Gasteiger partial charge in [-0.1, -0.05) is 42.5 Å². The van der Waals surface area contributed by atoms with Crippen molar-refractivity contribution >= 4 is 0 Å². The highest BCUT2D eigenvalue weighted by Crippen LogP contribution is 2.28. The Morgan fingerprint density at radius 1 is 1.11 bits per heavy atom. The fourth-order valence-corrected chi connectivity index (χ4v) is 1.98. The van der Waals surface area contributed by atoms with Gasteiger partial charge in [0.1, 0.15) is 0 Å². The summed E-state index contributed by atoms with van der Waals surface area (Å²) in [7, 11) is 0. The minimum Gasteiger partial charge on any atom is -0.329 e. The molecule has 1 N–H and O–H groups in total. The van der Waals surface area contributed by atoms with Crippen LogP contribution in [0.5, 0.6) is 0 Å². The molecule has 2 aromatic carbocycles. The molecule has 0 aliphatic carbocycles. The smallest absolute Gasteiger partial charge is 0.329 e. The zero-order chi connectivity index (χ0) is 13.1. The molecule has 0 fully saturated rings. The summed E-state index contributed by atoms with van der Waals surface area (Å²) in [6.45, 7) is 1.78. The first-order valence-corrected chi connectivity index (χ1v) is 5.57. The fraction of sp³-hybridized carbons (Fsp3) is 0.143. The van der Waals surface area contributed by atoms with Crippen molar-refractivity contribution in [1.29, 1.82) is 0 Å². The van der Waals surface area contributed by atoms with Crippen LogP contribution in [0.15, 0.2) is 48.5 Å². The lowest BCUT2D eigenvalue weighted by atomic mass is 9.96. The van der Waals surface area contributed by atoms with Crippen molar-refractivity contribution in [2.24, 2.45) is 0 Å². The van der Waals surface area contributed by atoms with Gasteiger partial charge in [0, 0.05) is 0 Å². The maximum absolute atomic E-state index is 10.7. The lowest BCUT2D eigenvalue weighted by Gasteiger charge is -2.11. The van der Waals surface area contributed by atoms with E-state index in [0.29, 0.717) is 5.56 Å². The van der Waals surface area contributed by atoms with Gasteiger partial charge < -0.3 is 5.11 Å². The minimum atomic E-state index is -1.67. The highest BCUT2D eigenvalue weighted by atomic mass is 16.7. The Bertz CT molecular complexity index is 567. The molecule has 1 atom stereocenters. The van der Waals surface area contributed by atoms with Crippen LogP contribution in [0.4, 0.5) is 0 Å². The molecule has 0 saturated carbocycles. The van der Waals surface area contributed by atoms with Crippen LogP contribution in [0.25, 0.3) is 11.1 Å². The van der Waals surface area contributed by atoms with Crippen molar-refractivity contribution in [3.63, 3.8) is 0 Å². The number of rotatable bonds is 3. The first kappa shape index (κ1) is 12.3. The maximum Gasteiger partial charge on any atom is 0.339 e. The van der Waals surface area contributed by atoms with Crippen LogP contribution in [0.2, 0.25) is 0 Å². The predicted octanol–water partition coefficient (Wildman–Crippen LogP) is 2.93. The number of aliphatic hydroxyl groups excluding tert-OH is 1. The summed E-state index contributed by atoms with van der Waals surface area (Å²) >= 11 is 0. The van der Waals surface area contributed by atoms with Gasteiger partial charge in [0.2, 0.25) is 0 Å². The second kappa shape index (κ2) is 4.98. The summed E-state index contributed by atoms with van der Waals surface area (Å²) in [5, 5.41) is 20.2. The number of nitro groups is 1. The van der Waals surface area contributed by atoms with Gasteiger partial charge in [-0.05, 0) is 29.7 Å². The second-order valence-electron chi connectivity index (χ2n) is 4.04. The van der Waals surface area contributed by atoms with E-state index >= 15 is 0 Å². The summed E-state index contributed by atoms with van der Waals surface area (Å²) in [5.41, 5.74) is 2.94. The average molecular weight is 243 g/mol. The van der Waals surface area contributed by atoms with Crippen LogP contribution in [-0.4, -0.2) is 10.0 Å². The van der Waals surface area contributed by atoms with Crippen molar-refractivity contribution in [1.82, 2.24) is 0 Å². The SMILES string of the molecule is Cc1c(-c2ccccc2)cccc1C(O)[N+](=O)[O-]. The quantitative estimate of drug-likeness (QED) is 0.512. The first-order valence-electron chi connectivity index (χ1n) is 5.57. The molecule has 0 heterocycles. The molecular formula is C14H13NO3. The van der Waals surface area contributed by atoms with Crippen LogP contribution < -0.4 is 0 Å². The molecule has 92 valence electrons. The third-order valence-corrected chi connectivity index (χ3v) is 2.94. The molecule has 0 amide bonds. The summed E-state index contributed by atoms with van der Waals surface area (Å²) in [6.07, 6.45) is -1.67. The number of hydrogen-bond donors (Lipinski definition) is 1. The van der Waals surface area contributed by atoms with Crippen LogP contribution in [0.1, 0.15) is 17.4 Å². The largest absolute Gasteiger partial charge is 0.339 e. The van der Waals surface area contributed by atoms with Crippen molar-refractivity contribution in [2.75, 3.05) is 0 Å². The third-order valence-electron chi connectivity index (χ3n) is 2.94. The number of nitrogens with zero attached hydrogens (tertiary/aromatic N) is 1. The topological polar surface area (TPSA) is 63.4 Å². The maximum atomic E-state index is 10.7. The molecule has 0 aromatic heterocycles. The van der Waals surface area contributed by atoms with Crippen LogP contribution in [-0.2, 0) is 0 Å². The number of benzene rings is 2. The van der Waals surface area contributed by atoms with E-state index in [0.717, 1.165) is 16.7 Å². The van der Waals surface area contributed by atoms with Gasteiger partial charge >= 0.3 is 6.23 Å². The van der Waals surface area contributed by atoms with E-state index in [9.17, 15) is 15.2 Å². The van der Waals surface area contributed by atoms with E-state index in [4.69, 9.17) is 0 Å². The fourth-order valence-electron chi connectivity index (χ4n) is 1.98. The minimum absolute atomic E-state index is 0.335. The van der Waals surface area contributed by atoms with Crippen molar-refractivity contribution in [3.8, 4) is 11.1 Å². The Balaban J connectivity index is 2.52. The molecule has 1 unspecified atom stereocenters. The van der Waals surface area contributed by atoms with Crippen molar-refractivity contribution in [3.05, 3.63) is 69.8 Å². The molecule has 0 spiro atoms. The van der Waals surface area contributed by atoms with Gasteiger partial charge in [0.25, 0.3) is 0 Å². The molecule has 2 rings (SSSR count). The summed E-state index contributed by atoms with van der Waals surface area (Å²) in [6, 6.07) is 14.8. The van der Waals surface area contributed by atoms with Gasteiger partial charge in [0.15, 0.2) is 0 Å². The zero-order valence-electron chi connectivity index (χ0n) is 9.91. The molecule has 4 heteroatoms. The number of aliphatic hydroxyl groups is 1. The van der Waals surface area contributed by atoms with Gasteiger partial charge in [-0.25, -0.2) is 0 Å². The monoisotopic (exact) mass is 243 g/mol. The Labute approximate surface area is 105 Å². The molecule has 4 nitrogen and oxygen atoms in total. The van der Waals surface area contributed by atoms with E-state index in [1.54, 1.807) is 19.1 Å². The first-order chi connectivity index (χ1) is 8.61. The molecule has 0 aliphatic heterocycles. The molecule has 18 heavy (non-hydrogen) atoms. The summed E-state index contributed by atoms with van der Waals surface area (Å²) in [4.78, 5) is 9.96. The third kappa shape index (κ3) is 2.24.